The topological polar surface area (TPSA) is 71.8 Å². The lowest BCUT2D eigenvalue weighted by molar-refractivity contribution is -0.123. The molecule has 2 aromatic heterocycles. The Kier molecular flexibility index (Phi) is 5.31. The average Bonchev–Trinajstić information content (AvgIpc) is 3.14. The highest BCUT2D eigenvalue weighted by Gasteiger charge is 2.28. The van der Waals surface area contributed by atoms with Gasteiger partial charge < -0.3 is 10.7 Å². The molecule has 1 aliphatic carbocycles. The molecule has 0 radical (unpaired) electrons. The van der Waals surface area contributed by atoms with Gasteiger partial charge in [0.2, 0.25) is 0 Å². The zero-order chi connectivity index (χ0) is 19.7. The second kappa shape index (κ2) is 7.88. The van der Waals surface area contributed by atoms with Crippen LogP contribution in [0.25, 0.3) is 22.3 Å². The van der Waals surface area contributed by atoms with Gasteiger partial charge >= 0.3 is 0 Å². The second-order valence-electron chi connectivity index (χ2n) is 8.40. The molecule has 0 aliphatic heterocycles. The van der Waals surface area contributed by atoms with E-state index in [2.05, 4.69) is 54.1 Å². The molecule has 1 saturated carbocycles. The van der Waals surface area contributed by atoms with Gasteiger partial charge in [-0.3, -0.25) is 4.79 Å². The molecule has 0 bridgehead atoms. The third kappa shape index (κ3) is 3.88. The number of ketones is 1. The molecule has 3 N–H and O–H groups in total. The Labute approximate surface area is 166 Å². The van der Waals surface area contributed by atoms with Crippen molar-refractivity contribution in [1.29, 1.82) is 0 Å². The largest absolute Gasteiger partial charge is 0.339 e. The Hall–Kier alpha value is -2.46. The van der Waals surface area contributed by atoms with E-state index in [9.17, 15) is 4.79 Å². The quantitative estimate of drug-likeness (QED) is 0.672. The molecule has 1 aromatic carbocycles. The third-order valence-corrected chi connectivity index (χ3v) is 6.32. The standard InChI is InChI=1S/C24H29N3O/c1-15-3-5-18(6-4-15)22-14-21-20(11-12-26-24(21)27-22)13-23(28)19-9-7-17(8-10-19)16(2)25/h3-6,11-12,14,16-17,19H,7-10,13,25H2,1-2H3,(H,26,27). The number of nitrogens with one attached hydrogen (secondary N) is 1. The summed E-state index contributed by atoms with van der Waals surface area (Å²) in [4.78, 5) is 20.8. The second-order valence-corrected chi connectivity index (χ2v) is 8.40. The van der Waals surface area contributed by atoms with E-state index in [1.807, 2.05) is 6.07 Å². The molecule has 146 valence electrons. The van der Waals surface area contributed by atoms with E-state index in [0.717, 1.165) is 53.5 Å². The summed E-state index contributed by atoms with van der Waals surface area (Å²) in [5.41, 5.74) is 11.4. The number of nitrogens with zero attached hydrogens (tertiary/aromatic N) is 1. The first-order chi connectivity index (χ1) is 13.5. The van der Waals surface area contributed by atoms with Gasteiger partial charge in [-0.15, -0.1) is 0 Å². The summed E-state index contributed by atoms with van der Waals surface area (Å²) in [6.45, 7) is 4.17. The number of fused-ring (bicyclic) bond motifs is 1. The summed E-state index contributed by atoms with van der Waals surface area (Å²) in [6.07, 6.45) is 6.37. The van der Waals surface area contributed by atoms with Crippen LogP contribution in [0.2, 0.25) is 0 Å². The van der Waals surface area contributed by atoms with E-state index in [-0.39, 0.29) is 12.0 Å². The molecule has 0 spiro atoms. The fourth-order valence-corrected chi connectivity index (χ4v) is 4.42. The maximum Gasteiger partial charge on any atom is 0.140 e. The van der Waals surface area contributed by atoms with E-state index in [0.29, 0.717) is 18.1 Å². The number of H-pyrrole nitrogens is 1. The van der Waals surface area contributed by atoms with E-state index in [4.69, 9.17) is 5.73 Å². The van der Waals surface area contributed by atoms with E-state index in [1.165, 1.54) is 5.56 Å². The third-order valence-electron chi connectivity index (χ3n) is 6.32. The summed E-state index contributed by atoms with van der Waals surface area (Å²) in [6, 6.07) is 12.8. The highest BCUT2D eigenvalue weighted by Crippen LogP contribution is 2.32. The van der Waals surface area contributed by atoms with Crippen molar-refractivity contribution < 1.29 is 4.79 Å². The Morgan fingerprint density at radius 3 is 2.57 bits per heavy atom. The van der Waals surface area contributed by atoms with Crippen LogP contribution in [0.3, 0.4) is 0 Å². The molecule has 4 nitrogen and oxygen atoms in total. The summed E-state index contributed by atoms with van der Waals surface area (Å²) < 4.78 is 0. The highest BCUT2D eigenvalue weighted by atomic mass is 16.1. The van der Waals surface area contributed by atoms with Gasteiger partial charge in [0.15, 0.2) is 0 Å². The fourth-order valence-electron chi connectivity index (χ4n) is 4.42. The molecule has 1 unspecified atom stereocenters. The number of carbonyl (C=O) groups is 1. The number of hydrogen-bond donors (Lipinski definition) is 2. The van der Waals surface area contributed by atoms with Gasteiger partial charge in [-0.1, -0.05) is 29.8 Å². The number of carbonyl (C=O) groups excluding carboxylic acids is 1. The SMILES string of the molecule is Cc1ccc(-c2cc3c(CC(=O)C4CCC(C(C)N)CC4)ccnc3[nH]2)cc1. The maximum absolute atomic E-state index is 12.9. The zero-order valence-electron chi connectivity index (χ0n) is 16.7. The Morgan fingerprint density at radius 2 is 1.89 bits per heavy atom. The van der Waals surface area contributed by atoms with Crippen molar-refractivity contribution in [2.24, 2.45) is 17.6 Å². The summed E-state index contributed by atoms with van der Waals surface area (Å²) >= 11 is 0. The van der Waals surface area contributed by atoms with Gasteiger partial charge in [-0.25, -0.2) is 4.98 Å². The number of aryl methyl sites for hydroxylation is 1. The summed E-state index contributed by atoms with van der Waals surface area (Å²) in [7, 11) is 0. The summed E-state index contributed by atoms with van der Waals surface area (Å²) in [5, 5.41) is 1.05. The predicted octanol–water partition coefficient (Wildman–Crippen LogP) is 4.80. The normalized spacial score (nSPS) is 21.0. The van der Waals surface area contributed by atoms with Crippen molar-refractivity contribution in [2.45, 2.75) is 52.0 Å². The number of aromatic nitrogens is 2. The van der Waals surface area contributed by atoms with Crippen LogP contribution in [0, 0.1) is 18.8 Å². The lowest BCUT2D eigenvalue weighted by Crippen LogP contribution is -2.32. The van der Waals surface area contributed by atoms with Crippen LogP contribution in [0.1, 0.15) is 43.7 Å². The van der Waals surface area contributed by atoms with Crippen molar-refractivity contribution in [3.05, 3.63) is 53.7 Å². The maximum atomic E-state index is 12.9. The molecule has 1 fully saturated rings. The molecule has 28 heavy (non-hydrogen) atoms. The van der Waals surface area contributed by atoms with Crippen molar-refractivity contribution in [3.8, 4) is 11.3 Å². The van der Waals surface area contributed by atoms with Crippen molar-refractivity contribution in [3.63, 3.8) is 0 Å². The van der Waals surface area contributed by atoms with Gasteiger partial charge in [0, 0.05) is 35.7 Å². The molecule has 1 aliphatic rings. The van der Waals surface area contributed by atoms with E-state index in [1.54, 1.807) is 6.20 Å². The van der Waals surface area contributed by atoms with Gasteiger partial charge in [0.05, 0.1) is 0 Å². The van der Waals surface area contributed by atoms with Gasteiger partial charge in [0.25, 0.3) is 0 Å². The molecule has 1 atom stereocenters. The Balaban J connectivity index is 1.52. The minimum Gasteiger partial charge on any atom is -0.339 e. The Bertz CT molecular complexity index is 963. The fraction of sp³-hybridized carbons (Fsp3) is 0.417. The van der Waals surface area contributed by atoms with Gasteiger partial charge in [0.1, 0.15) is 11.4 Å². The van der Waals surface area contributed by atoms with Crippen molar-refractivity contribution in [1.82, 2.24) is 9.97 Å². The van der Waals surface area contributed by atoms with Crippen LogP contribution in [0.5, 0.6) is 0 Å². The number of rotatable bonds is 5. The van der Waals surface area contributed by atoms with Crippen LogP contribution < -0.4 is 5.73 Å². The molecule has 4 heteroatoms. The average molecular weight is 376 g/mol. The number of nitrogens with two attached hydrogens (primary N) is 1. The molecular formula is C24H29N3O. The van der Waals surface area contributed by atoms with E-state index >= 15 is 0 Å². The minimum atomic E-state index is 0.175. The van der Waals surface area contributed by atoms with Crippen LogP contribution in [0.15, 0.2) is 42.6 Å². The zero-order valence-corrected chi connectivity index (χ0v) is 16.7. The predicted molar refractivity (Wildman–Crippen MR) is 114 cm³/mol. The number of Topliss-reactive ketones (excluding diaryl/α,β-unsaturated/α-hetero) is 1. The minimum absolute atomic E-state index is 0.175. The monoisotopic (exact) mass is 375 g/mol. The number of aromatic amines is 1. The first-order valence-corrected chi connectivity index (χ1v) is 10.3. The number of benzene rings is 1. The molecule has 4 rings (SSSR count). The Morgan fingerprint density at radius 1 is 1.18 bits per heavy atom. The van der Waals surface area contributed by atoms with Crippen LogP contribution >= 0.6 is 0 Å². The molecule has 3 aromatic rings. The van der Waals surface area contributed by atoms with Crippen molar-refractivity contribution in [2.75, 3.05) is 0 Å². The van der Waals surface area contributed by atoms with Crippen LogP contribution in [-0.4, -0.2) is 21.8 Å². The molecule has 0 amide bonds. The lowest BCUT2D eigenvalue weighted by atomic mass is 9.76. The van der Waals surface area contributed by atoms with E-state index < -0.39 is 0 Å². The number of pyridine rings is 1. The lowest BCUT2D eigenvalue weighted by Gasteiger charge is -2.30. The molecular weight excluding hydrogens is 346 g/mol. The van der Waals surface area contributed by atoms with Gasteiger partial charge in [-0.05, 0) is 68.7 Å². The smallest absolute Gasteiger partial charge is 0.140 e. The first-order valence-electron chi connectivity index (χ1n) is 10.3. The first kappa shape index (κ1) is 18.9. The van der Waals surface area contributed by atoms with Crippen LogP contribution in [0.4, 0.5) is 0 Å². The molecule has 0 saturated heterocycles. The summed E-state index contributed by atoms with van der Waals surface area (Å²) in [5.74, 6) is 1.10. The van der Waals surface area contributed by atoms with Crippen LogP contribution in [-0.2, 0) is 11.2 Å². The highest BCUT2D eigenvalue weighted by molar-refractivity contribution is 5.91. The van der Waals surface area contributed by atoms with Crippen molar-refractivity contribution >= 4 is 16.8 Å². The van der Waals surface area contributed by atoms with Gasteiger partial charge in [-0.2, -0.15) is 0 Å². The number of hydrogen-bond acceptors (Lipinski definition) is 3. The molecule has 2 heterocycles.